The highest BCUT2D eigenvalue weighted by Gasteiger charge is 2.64. The van der Waals surface area contributed by atoms with Gasteiger partial charge in [-0.1, -0.05) is 28.1 Å². The molecule has 2 aromatic carbocycles. The van der Waals surface area contributed by atoms with Gasteiger partial charge in [0.15, 0.2) is 0 Å². The number of ether oxygens (including phenoxy) is 1. The molecule has 228 valence electrons. The molecule has 7 rings (SSSR count). The minimum Gasteiger partial charge on any atom is -0.452 e. The molecule has 4 fully saturated rings. The van der Waals surface area contributed by atoms with Crippen molar-refractivity contribution in [3.63, 3.8) is 0 Å². The van der Waals surface area contributed by atoms with Crippen LogP contribution in [0.1, 0.15) is 28.8 Å². The van der Waals surface area contributed by atoms with Crippen LogP contribution in [0, 0.1) is 6.92 Å². The summed E-state index contributed by atoms with van der Waals surface area (Å²) in [5, 5.41) is 17.2. The Morgan fingerprint density at radius 2 is 1.86 bits per heavy atom. The average Bonchev–Trinajstić information content (AvgIpc) is 2.93. The summed E-state index contributed by atoms with van der Waals surface area (Å²) < 4.78 is 59.3. The van der Waals surface area contributed by atoms with Crippen molar-refractivity contribution < 1.29 is 37.0 Å². The zero-order chi connectivity index (χ0) is 30.7. The number of para-hydroxylation sites is 2. The van der Waals surface area contributed by atoms with Gasteiger partial charge in [0.1, 0.15) is 18.8 Å². The minimum atomic E-state index is -3.06. The molecular formula is C29H29BrF4N4O4P+. The molecular weight excluding hydrogens is 655 g/mol. The van der Waals surface area contributed by atoms with Crippen LogP contribution in [0.15, 0.2) is 46.9 Å². The van der Waals surface area contributed by atoms with Crippen LogP contribution >= 0.6 is 23.2 Å². The Morgan fingerprint density at radius 1 is 1.16 bits per heavy atom. The predicted octanol–water partition coefficient (Wildman–Crippen LogP) is 6.81. The third kappa shape index (κ3) is 5.39. The Kier molecular flexibility index (Phi) is 7.48. The number of amides is 1. The number of fused-ring (bicyclic) bond motifs is 4. The van der Waals surface area contributed by atoms with Gasteiger partial charge < -0.3 is 25.4 Å². The molecule has 8 nitrogen and oxygen atoms in total. The fourth-order valence-corrected chi connectivity index (χ4v) is 10.9. The number of carbonyl (C=O) groups excluding carboxylic acids is 1. The summed E-state index contributed by atoms with van der Waals surface area (Å²) in [6.07, 6.45) is 1.90. The number of aromatic nitrogens is 1. The molecule has 14 heteroatoms. The summed E-state index contributed by atoms with van der Waals surface area (Å²) in [5.74, 6) is -3.06. The number of nitrogens with zero attached hydrogens (tertiary/aromatic N) is 2. The molecule has 3 N–H and O–H groups in total. The van der Waals surface area contributed by atoms with E-state index < -0.39 is 56.1 Å². The Hall–Kier alpha value is -3.18. The fraction of sp³-hybridized carbons (Fsp3) is 0.414. The van der Waals surface area contributed by atoms with Crippen molar-refractivity contribution in [3.8, 4) is 5.75 Å². The van der Waals surface area contributed by atoms with Crippen LogP contribution < -0.4 is 20.3 Å². The lowest BCUT2D eigenvalue weighted by atomic mass is 9.83. The normalized spacial score (nSPS) is 25.8. The molecule has 2 bridgehead atoms. The van der Waals surface area contributed by atoms with Crippen molar-refractivity contribution in [1.29, 1.82) is 0 Å². The highest BCUT2D eigenvalue weighted by atomic mass is 79.9. The molecule has 0 radical (unpaired) electrons. The Bertz CT molecular complexity index is 1610. The van der Waals surface area contributed by atoms with E-state index in [0.717, 1.165) is 0 Å². The zero-order valence-corrected chi connectivity index (χ0v) is 25.5. The van der Waals surface area contributed by atoms with Gasteiger partial charge in [-0.25, -0.2) is 18.6 Å². The van der Waals surface area contributed by atoms with Crippen LogP contribution in [0.4, 0.5) is 33.9 Å². The number of rotatable bonds is 8. The molecule has 5 heterocycles. The number of alkyl halides is 4. The van der Waals surface area contributed by atoms with E-state index in [0.29, 0.717) is 57.5 Å². The van der Waals surface area contributed by atoms with Gasteiger partial charge in [0.25, 0.3) is 11.8 Å². The minimum absolute atomic E-state index is 0.0834. The van der Waals surface area contributed by atoms with Crippen LogP contribution in [0.5, 0.6) is 5.75 Å². The molecule has 3 aromatic rings. The van der Waals surface area contributed by atoms with Crippen molar-refractivity contribution in [1.82, 2.24) is 10.3 Å². The largest absolute Gasteiger partial charge is 0.452 e. The van der Waals surface area contributed by atoms with E-state index >= 15 is 0 Å². The molecule has 0 saturated carbocycles. The Labute approximate surface area is 253 Å². The van der Waals surface area contributed by atoms with Crippen molar-refractivity contribution in [2.24, 2.45) is 0 Å². The number of hydrogen-bond donors (Lipinski definition) is 3. The van der Waals surface area contributed by atoms with Crippen molar-refractivity contribution in [3.05, 3.63) is 58.1 Å². The van der Waals surface area contributed by atoms with Crippen LogP contribution in [0.3, 0.4) is 0 Å². The quantitative estimate of drug-likeness (QED) is 0.177. The molecule has 4 aliphatic heterocycles. The van der Waals surface area contributed by atoms with Crippen molar-refractivity contribution >= 4 is 57.2 Å². The number of nitrogens with one attached hydrogen (secondary N) is 2. The molecule has 1 aromatic heterocycles. The second-order valence-electron chi connectivity index (χ2n) is 11.5. The van der Waals surface area contributed by atoms with Gasteiger partial charge in [-0.05, 0) is 37.3 Å². The number of pyridine rings is 1. The second kappa shape index (κ2) is 10.8. The maximum atomic E-state index is 14.3. The summed E-state index contributed by atoms with van der Waals surface area (Å²) in [6, 6.07) is 10.8. The standard InChI is InChI=1S/C29H28BrF4N4O4P/c1-16-23(18-12-17(30)6-7-19(18)36-24(16)38-14-29(33,34)15-38)25(39)37-28-8-10-43(11-9-28,27(40)41)13-22(28)35-20-4-2-3-5-21(20)42-26(31)32/h2-7,12,22,26,35H,8-11,13-15H2,1H3,(H-,37,39,40,41)/p+1. The van der Waals surface area contributed by atoms with Crippen LogP contribution in [-0.2, 0) is 0 Å². The first-order chi connectivity index (χ1) is 20.3. The number of benzene rings is 2. The van der Waals surface area contributed by atoms with Gasteiger partial charge >= 0.3 is 12.3 Å². The van der Waals surface area contributed by atoms with Gasteiger partial charge in [-0.3, -0.25) is 4.79 Å². The first kappa shape index (κ1) is 29.9. The van der Waals surface area contributed by atoms with E-state index in [1.807, 2.05) is 0 Å². The summed E-state index contributed by atoms with van der Waals surface area (Å²) in [6.45, 7) is -2.37. The van der Waals surface area contributed by atoms with Crippen molar-refractivity contribution in [2.75, 3.05) is 41.8 Å². The highest BCUT2D eigenvalue weighted by molar-refractivity contribution is 9.10. The predicted molar refractivity (Wildman–Crippen MR) is 161 cm³/mol. The van der Waals surface area contributed by atoms with E-state index in [9.17, 15) is 32.3 Å². The lowest BCUT2D eigenvalue weighted by Gasteiger charge is -2.52. The lowest BCUT2D eigenvalue weighted by molar-refractivity contribution is -0.0494. The first-order valence-corrected chi connectivity index (χ1v) is 16.9. The van der Waals surface area contributed by atoms with Gasteiger partial charge in [0, 0.05) is 28.3 Å². The maximum Gasteiger partial charge on any atom is 0.448 e. The van der Waals surface area contributed by atoms with E-state index in [2.05, 4.69) is 31.5 Å². The van der Waals surface area contributed by atoms with E-state index in [1.165, 1.54) is 11.0 Å². The van der Waals surface area contributed by atoms with Crippen LogP contribution in [0.2, 0.25) is 0 Å². The van der Waals surface area contributed by atoms with E-state index in [1.54, 1.807) is 43.3 Å². The highest BCUT2D eigenvalue weighted by Crippen LogP contribution is 2.69. The van der Waals surface area contributed by atoms with Crippen LogP contribution in [-0.4, -0.2) is 77.4 Å². The van der Waals surface area contributed by atoms with E-state index in [-0.39, 0.29) is 17.6 Å². The topological polar surface area (TPSA) is 104 Å². The molecule has 1 amide bonds. The third-order valence-corrected chi connectivity index (χ3v) is 13.4. The van der Waals surface area contributed by atoms with Gasteiger partial charge in [-0.15, -0.1) is 0 Å². The number of hydrogen-bond acceptors (Lipinski definition) is 6. The Morgan fingerprint density at radius 3 is 2.51 bits per heavy atom. The number of halogens is 5. The van der Waals surface area contributed by atoms with E-state index in [4.69, 9.17) is 4.74 Å². The summed E-state index contributed by atoms with van der Waals surface area (Å²) in [7, 11) is -2.44. The lowest BCUT2D eigenvalue weighted by Crippen LogP contribution is -2.67. The summed E-state index contributed by atoms with van der Waals surface area (Å²) >= 11 is 3.45. The molecule has 4 saturated heterocycles. The molecule has 1 unspecified atom stereocenters. The third-order valence-electron chi connectivity index (χ3n) is 8.91. The monoisotopic (exact) mass is 683 g/mol. The Balaban J connectivity index is 1.39. The number of anilines is 2. The average molecular weight is 684 g/mol. The smallest absolute Gasteiger partial charge is 0.448 e. The van der Waals surface area contributed by atoms with Gasteiger partial charge in [0.2, 0.25) is 0 Å². The molecule has 1 atom stereocenters. The number of carboxylic acid groups (broad SMARTS) is 1. The molecule has 43 heavy (non-hydrogen) atoms. The van der Waals surface area contributed by atoms with Crippen molar-refractivity contribution in [2.45, 2.75) is 43.9 Å². The van der Waals surface area contributed by atoms with Crippen LogP contribution in [0.25, 0.3) is 10.9 Å². The zero-order valence-electron chi connectivity index (χ0n) is 23.0. The maximum absolute atomic E-state index is 14.3. The fourth-order valence-electron chi connectivity index (χ4n) is 6.63. The summed E-state index contributed by atoms with van der Waals surface area (Å²) in [4.78, 5) is 32.8. The molecule has 0 aliphatic carbocycles. The van der Waals surface area contributed by atoms with Gasteiger partial charge in [-0.2, -0.15) is 8.78 Å². The number of carbonyl (C=O) groups is 2. The molecule has 0 spiro atoms. The SMILES string of the molecule is Cc1c(N2CC(F)(F)C2)nc2ccc(Br)cc2c1C(=O)NC12CC[P+](C(=O)O)(CC1)CC2Nc1ccccc1OC(F)F. The molecule has 4 aliphatic rings. The summed E-state index contributed by atoms with van der Waals surface area (Å²) in [5.41, 5.74) is -0.236. The van der Waals surface area contributed by atoms with Gasteiger partial charge in [0.05, 0.1) is 59.9 Å². The first-order valence-electron chi connectivity index (χ1n) is 13.8. The second-order valence-corrected chi connectivity index (χ2v) is 16.4.